The molecule has 0 aliphatic carbocycles. The Labute approximate surface area is 172 Å². The van der Waals surface area contributed by atoms with Crippen LogP contribution in [0.3, 0.4) is 0 Å². The van der Waals surface area contributed by atoms with Crippen LogP contribution in [-0.2, 0) is 15.1 Å². The summed E-state index contributed by atoms with van der Waals surface area (Å²) in [6.07, 6.45) is 3.25. The van der Waals surface area contributed by atoms with Crippen LogP contribution in [0, 0.1) is 11.7 Å². The third-order valence-electron chi connectivity index (χ3n) is 5.38. The van der Waals surface area contributed by atoms with Crippen molar-refractivity contribution in [3.05, 3.63) is 53.1 Å². The van der Waals surface area contributed by atoms with E-state index in [-0.39, 0.29) is 30.1 Å². The monoisotopic (exact) mass is 418 g/mol. The highest BCUT2D eigenvalue weighted by atomic mass is 35.5. The Hall–Kier alpha value is -2.71. The van der Waals surface area contributed by atoms with Crippen molar-refractivity contribution in [3.8, 4) is 11.5 Å². The number of pyridine rings is 1. The highest BCUT2D eigenvalue weighted by Crippen LogP contribution is 2.46. The number of rotatable bonds is 3. The normalized spacial score (nSPS) is 26.7. The molecule has 1 saturated heterocycles. The van der Waals surface area contributed by atoms with Crippen LogP contribution in [0.5, 0.6) is 11.5 Å². The number of ether oxygens (including phenoxy) is 2. The lowest BCUT2D eigenvalue weighted by molar-refractivity contribution is -0.144. The van der Waals surface area contributed by atoms with E-state index in [2.05, 4.69) is 9.98 Å². The average Bonchev–Trinajstić information content (AvgIpc) is 2.70. The molecule has 3 heterocycles. The molecule has 0 bridgehead atoms. The number of aliphatic imine (C=N–C) groups is 1. The van der Waals surface area contributed by atoms with Gasteiger partial charge in [0, 0.05) is 18.8 Å². The van der Waals surface area contributed by atoms with Gasteiger partial charge in [-0.15, -0.1) is 0 Å². The van der Waals surface area contributed by atoms with Gasteiger partial charge in [-0.3, -0.25) is 14.7 Å². The molecule has 152 valence electrons. The Morgan fingerprint density at radius 2 is 2.21 bits per heavy atom. The van der Waals surface area contributed by atoms with E-state index < -0.39 is 17.3 Å². The van der Waals surface area contributed by atoms with E-state index in [1.165, 1.54) is 35.5 Å². The van der Waals surface area contributed by atoms with Gasteiger partial charge in [0.15, 0.2) is 11.7 Å². The fraction of sp³-hybridized carbons (Fsp3) is 0.350. The number of nitrogens with two attached hydrogens (primary N) is 1. The van der Waals surface area contributed by atoms with Gasteiger partial charge in [-0.25, -0.2) is 9.38 Å². The van der Waals surface area contributed by atoms with Crippen LogP contribution in [0.4, 0.5) is 4.39 Å². The standard InChI is InChI=1S/C20H20ClFN4O3/c1-11-7-14-18(27)26(2)19(23)25-20(14,10-28-11)13-8-12(3-4-16(13)22)29-17-9-24-6-5-15(17)21/h3-6,8-9,11,14H,7,10H2,1-2H3,(H2,23,25)/t11-,14-,20+/m0/s1. The van der Waals surface area contributed by atoms with E-state index in [4.69, 9.17) is 26.8 Å². The van der Waals surface area contributed by atoms with Crippen LogP contribution >= 0.6 is 11.6 Å². The lowest BCUT2D eigenvalue weighted by Crippen LogP contribution is -2.59. The molecular weight excluding hydrogens is 399 g/mol. The van der Waals surface area contributed by atoms with E-state index in [0.29, 0.717) is 22.9 Å². The van der Waals surface area contributed by atoms with E-state index in [0.717, 1.165) is 0 Å². The third kappa shape index (κ3) is 3.32. The number of fused-ring (bicyclic) bond motifs is 1. The van der Waals surface area contributed by atoms with Gasteiger partial charge in [0.1, 0.15) is 17.1 Å². The number of carbonyl (C=O) groups excluding carboxylic acids is 1. The number of guanidine groups is 1. The molecule has 1 aromatic carbocycles. The molecule has 29 heavy (non-hydrogen) atoms. The summed E-state index contributed by atoms with van der Waals surface area (Å²) in [5, 5.41) is 0.369. The Kier molecular flexibility index (Phi) is 4.92. The van der Waals surface area contributed by atoms with Crippen molar-refractivity contribution in [1.29, 1.82) is 0 Å². The minimum absolute atomic E-state index is 0.0189. The molecule has 1 fully saturated rings. The number of aromatic nitrogens is 1. The van der Waals surface area contributed by atoms with Gasteiger partial charge in [-0.2, -0.15) is 0 Å². The van der Waals surface area contributed by atoms with Crippen molar-refractivity contribution in [2.75, 3.05) is 13.7 Å². The van der Waals surface area contributed by atoms with Crippen molar-refractivity contribution in [2.24, 2.45) is 16.6 Å². The fourth-order valence-electron chi connectivity index (χ4n) is 3.80. The van der Waals surface area contributed by atoms with Gasteiger partial charge >= 0.3 is 0 Å². The Balaban J connectivity index is 1.81. The molecular formula is C20H20ClFN4O3. The highest BCUT2D eigenvalue weighted by molar-refractivity contribution is 6.32. The minimum Gasteiger partial charge on any atom is -0.454 e. The van der Waals surface area contributed by atoms with Crippen LogP contribution in [0.15, 0.2) is 41.7 Å². The molecule has 3 atom stereocenters. The number of carbonyl (C=O) groups is 1. The van der Waals surface area contributed by atoms with E-state index in [1.54, 1.807) is 13.1 Å². The van der Waals surface area contributed by atoms with Crippen LogP contribution in [-0.4, -0.2) is 41.5 Å². The fourth-order valence-corrected chi connectivity index (χ4v) is 3.94. The summed E-state index contributed by atoms with van der Waals surface area (Å²) in [4.78, 5) is 22.8. The predicted octanol–water partition coefficient (Wildman–Crippen LogP) is 3.07. The van der Waals surface area contributed by atoms with Gasteiger partial charge in [0.2, 0.25) is 5.91 Å². The van der Waals surface area contributed by atoms with Gasteiger partial charge in [0.25, 0.3) is 0 Å². The van der Waals surface area contributed by atoms with Crippen molar-refractivity contribution < 1.29 is 18.7 Å². The number of halogens is 2. The zero-order chi connectivity index (χ0) is 20.8. The molecule has 2 aliphatic rings. The molecule has 4 rings (SSSR count). The molecule has 1 amide bonds. The second kappa shape index (κ2) is 7.27. The summed E-state index contributed by atoms with van der Waals surface area (Å²) in [7, 11) is 1.56. The van der Waals surface area contributed by atoms with Crippen molar-refractivity contribution in [2.45, 2.75) is 25.0 Å². The average molecular weight is 419 g/mol. The quantitative estimate of drug-likeness (QED) is 0.827. The molecule has 0 unspecified atom stereocenters. The number of amides is 1. The second-order valence-electron chi connectivity index (χ2n) is 7.25. The second-order valence-corrected chi connectivity index (χ2v) is 7.66. The summed E-state index contributed by atoms with van der Waals surface area (Å²) in [5.41, 5.74) is 4.91. The first-order valence-corrected chi connectivity index (χ1v) is 9.51. The number of benzene rings is 1. The zero-order valence-corrected chi connectivity index (χ0v) is 16.7. The molecule has 9 heteroatoms. The van der Waals surface area contributed by atoms with Crippen LogP contribution < -0.4 is 10.5 Å². The smallest absolute Gasteiger partial charge is 0.235 e. The first-order chi connectivity index (χ1) is 13.8. The summed E-state index contributed by atoms with van der Waals surface area (Å²) >= 11 is 6.13. The third-order valence-corrected chi connectivity index (χ3v) is 5.70. The van der Waals surface area contributed by atoms with Gasteiger partial charge in [-0.05, 0) is 37.6 Å². The molecule has 0 saturated carbocycles. The zero-order valence-electron chi connectivity index (χ0n) is 15.9. The van der Waals surface area contributed by atoms with Gasteiger partial charge in [-0.1, -0.05) is 11.6 Å². The lowest BCUT2D eigenvalue weighted by atomic mass is 9.72. The highest BCUT2D eigenvalue weighted by Gasteiger charge is 2.54. The summed E-state index contributed by atoms with van der Waals surface area (Å²) in [6, 6.07) is 5.85. The van der Waals surface area contributed by atoms with E-state index in [9.17, 15) is 4.79 Å². The Bertz CT molecular complexity index is 1000. The van der Waals surface area contributed by atoms with Gasteiger partial charge < -0.3 is 15.2 Å². The molecule has 2 N–H and O–H groups in total. The molecule has 2 aromatic rings. The van der Waals surface area contributed by atoms with Crippen LogP contribution in [0.25, 0.3) is 0 Å². The van der Waals surface area contributed by atoms with Crippen LogP contribution in [0.2, 0.25) is 5.02 Å². The SMILES string of the molecule is C[C@H]1C[C@H]2C(=O)N(C)C(N)=N[C@@]2(c2cc(Oc3cnccc3Cl)ccc2F)CO1. The maximum atomic E-state index is 15.0. The summed E-state index contributed by atoms with van der Waals surface area (Å²) in [6.45, 7) is 1.91. The van der Waals surface area contributed by atoms with Gasteiger partial charge in [0.05, 0.1) is 29.8 Å². The van der Waals surface area contributed by atoms with Crippen molar-refractivity contribution >= 4 is 23.5 Å². The van der Waals surface area contributed by atoms with E-state index >= 15 is 4.39 Å². The molecule has 0 spiro atoms. The Morgan fingerprint density at radius 1 is 1.41 bits per heavy atom. The topological polar surface area (TPSA) is 90.0 Å². The number of nitrogens with zero attached hydrogens (tertiary/aromatic N) is 3. The maximum absolute atomic E-state index is 15.0. The summed E-state index contributed by atoms with van der Waals surface area (Å²) < 4.78 is 26.6. The first-order valence-electron chi connectivity index (χ1n) is 9.13. The summed E-state index contributed by atoms with van der Waals surface area (Å²) in [5.74, 6) is -0.652. The number of hydrogen-bond acceptors (Lipinski definition) is 6. The predicted molar refractivity (Wildman–Crippen MR) is 105 cm³/mol. The first kappa shape index (κ1) is 19.6. The molecule has 7 nitrogen and oxygen atoms in total. The Morgan fingerprint density at radius 3 is 2.97 bits per heavy atom. The largest absolute Gasteiger partial charge is 0.454 e. The van der Waals surface area contributed by atoms with E-state index in [1.807, 2.05) is 6.92 Å². The van der Waals surface area contributed by atoms with Crippen molar-refractivity contribution in [1.82, 2.24) is 9.88 Å². The lowest BCUT2D eigenvalue weighted by Gasteiger charge is -2.46. The molecule has 0 radical (unpaired) electrons. The van der Waals surface area contributed by atoms with Crippen molar-refractivity contribution in [3.63, 3.8) is 0 Å². The minimum atomic E-state index is -1.26. The van der Waals surface area contributed by atoms with Crippen LogP contribution in [0.1, 0.15) is 18.9 Å². The molecule has 2 aliphatic heterocycles. The molecule has 1 aromatic heterocycles. The maximum Gasteiger partial charge on any atom is 0.235 e. The number of hydrogen-bond donors (Lipinski definition) is 1.